The predicted molar refractivity (Wildman–Crippen MR) is 99.9 cm³/mol. The molecule has 2 heterocycles. The van der Waals surface area contributed by atoms with Gasteiger partial charge >= 0.3 is 5.97 Å². The molecule has 0 saturated heterocycles. The van der Waals surface area contributed by atoms with E-state index in [1.165, 1.54) is 11.3 Å². The lowest BCUT2D eigenvalue weighted by atomic mass is 10.1. The van der Waals surface area contributed by atoms with Crippen molar-refractivity contribution >= 4 is 23.2 Å². The van der Waals surface area contributed by atoms with Crippen molar-refractivity contribution in [2.24, 2.45) is 0 Å². The van der Waals surface area contributed by atoms with E-state index in [0.29, 0.717) is 18.3 Å². The first-order valence-corrected chi connectivity index (χ1v) is 9.33. The highest BCUT2D eigenvalue weighted by Crippen LogP contribution is 2.21. The molecule has 3 aromatic rings. The Morgan fingerprint density at radius 1 is 1.22 bits per heavy atom. The second-order valence-electron chi connectivity index (χ2n) is 5.85. The minimum Gasteiger partial charge on any atom is -0.456 e. The number of benzene rings is 1. The van der Waals surface area contributed by atoms with Crippen LogP contribution >= 0.6 is 11.3 Å². The Hall–Kier alpha value is -3.00. The van der Waals surface area contributed by atoms with Gasteiger partial charge in [-0.3, -0.25) is 9.59 Å². The van der Waals surface area contributed by atoms with Crippen LogP contribution < -0.4 is 5.32 Å². The molecule has 0 radical (unpaired) electrons. The number of hydrogen-bond donors (Lipinski definition) is 1. The molecule has 0 bridgehead atoms. The summed E-state index contributed by atoms with van der Waals surface area (Å²) in [6.45, 7) is 2.06. The van der Waals surface area contributed by atoms with E-state index in [9.17, 15) is 9.59 Å². The van der Waals surface area contributed by atoms with Crippen molar-refractivity contribution in [3.05, 3.63) is 58.8 Å². The minimum atomic E-state index is -0.489. The SMILES string of the molecule is Cc1ccccc1CNC(=O)COC(=O)CCc1nc(-c2cccs2)no1. The molecule has 1 N–H and O–H groups in total. The van der Waals surface area contributed by atoms with Gasteiger partial charge in [0.15, 0.2) is 6.61 Å². The van der Waals surface area contributed by atoms with Crippen molar-refractivity contribution in [3.8, 4) is 10.7 Å². The lowest BCUT2D eigenvalue weighted by molar-refractivity contribution is -0.148. The largest absolute Gasteiger partial charge is 0.456 e. The molecule has 0 saturated carbocycles. The summed E-state index contributed by atoms with van der Waals surface area (Å²) in [6, 6.07) is 11.6. The van der Waals surface area contributed by atoms with Crippen molar-refractivity contribution in [2.75, 3.05) is 6.61 Å². The summed E-state index contributed by atoms with van der Waals surface area (Å²) in [5.41, 5.74) is 2.12. The predicted octanol–water partition coefficient (Wildman–Crippen LogP) is 2.90. The molecule has 0 spiro atoms. The number of ether oxygens (including phenoxy) is 1. The highest BCUT2D eigenvalue weighted by atomic mass is 32.1. The van der Waals surface area contributed by atoms with Gasteiger partial charge in [-0.05, 0) is 29.5 Å². The number of aromatic nitrogens is 2. The van der Waals surface area contributed by atoms with E-state index in [0.717, 1.165) is 16.0 Å². The quantitative estimate of drug-likeness (QED) is 0.599. The van der Waals surface area contributed by atoms with E-state index in [1.54, 1.807) is 0 Å². The number of esters is 1. The second kappa shape index (κ2) is 9.09. The summed E-state index contributed by atoms with van der Waals surface area (Å²) < 4.78 is 10.1. The molecule has 1 amide bonds. The molecular weight excluding hydrogens is 366 g/mol. The summed E-state index contributed by atoms with van der Waals surface area (Å²) in [5.74, 6) is 0.0320. The van der Waals surface area contributed by atoms with Gasteiger partial charge < -0.3 is 14.6 Å². The van der Waals surface area contributed by atoms with Crippen LogP contribution in [0.15, 0.2) is 46.3 Å². The van der Waals surface area contributed by atoms with Crippen molar-refractivity contribution in [1.82, 2.24) is 15.5 Å². The minimum absolute atomic E-state index is 0.0666. The smallest absolute Gasteiger partial charge is 0.306 e. The highest BCUT2D eigenvalue weighted by Gasteiger charge is 2.13. The first-order chi connectivity index (χ1) is 13.1. The van der Waals surface area contributed by atoms with Crippen LogP contribution in [0, 0.1) is 6.92 Å². The normalized spacial score (nSPS) is 10.6. The third-order valence-electron chi connectivity index (χ3n) is 3.85. The summed E-state index contributed by atoms with van der Waals surface area (Å²) in [5, 5.41) is 8.53. The molecule has 0 fully saturated rings. The van der Waals surface area contributed by atoms with Crippen LogP contribution in [0.1, 0.15) is 23.4 Å². The number of nitrogens with zero attached hydrogens (tertiary/aromatic N) is 2. The number of carbonyl (C=O) groups is 2. The maximum absolute atomic E-state index is 11.8. The van der Waals surface area contributed by atoms with Crippen molar-refractivity contribution < 1.29 is 18.8 Å². The Morgan fingerprint density at radius 3 is 2.85 bits per heavy atom. The van der Waals surface area contributed by atoms with Gasteiger partial charge in [-0.1, -0.05) is 35.5 Å². The molecule has 27 heavy (non-hydrogen) atoms. The summed E-state index contributed by atoms with van der Waals surface area (Å²) in [7, 11) is 0. The fourth-order valence-electron chi connectivity index (χ4n) is 2.34. The molecule has 140 valence electrons. The molecule has 0 atom stereocenters. The number of carbonyl (C=O) groups excluding carboxylic acids is 2. The summed E-state index contributed by atoms with van der Waals surface area (Å²) >= 11 is 1.51. The summed E-state index contributed by atoms with van der Waals surface area (Å²) in [6.07, 6.45) is 0.333. The molecule has 7 nitrogen and oxygen atoms in total. The van der Waals surface area contributed by atoms with E-state index in [4.69, 9.17) is 9.26 Å². The van der Waals surface area contributed by atoms with Crippen molar-refractivity contribution in [3.63, 3.8) is 0 Å². The van der Waals surface area contributed by atoms with Gasteiger partial charge in [0.2, 0.25) is 11.7 Å². The fourth-order valence-corrected chi connectivity index (χ4v) is 2.99. The highest BCUT2D eigenvalue weighted by molar-refractivity contribution is 7.13. The maximum Gasteiger partial charge on any atom is 0.306 e. The van der Waals surface area contributed by atoms with Gasteiger partial charge in [-0.25, -0.2) is 0 Å². The van der Waals surface area contributed by atoms with Gasteiger partial charge in [0, 0.05) is 13.0 Å². The topological polar surface area (TPSA) is 94.3 Å². The van der Waals surface area contributed by atoms with Crippen LogP contribution in [-0.2, 0) is 27.3 Å². The van der Waals surface area contributed by atoms with Crippen LogP contribution in [0.5, 0.6) is 0 Å². The van der Waals surface area contributed by atoms with Crippen LogP contribution in [0.25, 0.3) is 10.7 Å². The van der Waals surface area contributed by atoms with Gasteiger partial charge in [-0.15, -0.1) is 11.3 Å². The summed E-state index contributed by atoms with van der Waals surface area (Å²) in [4.78, 5) is 28.7. The average Bonchev–Trinajstić information content (AvgIpc) is 3.35. The number of amides is 1. The molecule has 3 rings (SSSR count). The first-order valence-electron chi connectivity index (χ1n) is 8.45. The Bertz CT molecular complexity index is 905. The molecular formula is C19H19N3O4S. The molecule has 0 aliphatic carbocycles. The maximum atomic E-state index is 11.8. The van der Waals surface area contributed by atoms with Crippen LogP contribution in [-0.4, -0.2) is 28.6 Å². The van der Waals surface area contributed by atoms with Crippen LogP contribution in [0.4, 0.5) is 0 Å². The third kappa shape index (κ3) is 5.49. The molecule has 0 aliphatic rings. The van der Waals surface area contributed by atoms with Crippen molar-refractivity contribution in [2.45, 2.75) is 26.3 Å². The number of thiophene rings is 1. The zero-order chi connectivity index (χ0) is 19.1. The van der Waals surface area contributed by atoms with Crippen LogP contribution in [0.3, 0.4) is 0 Å². The third-order valence-corrected chi connectivity index (χ3v) is 4.72. The average molecular weight is 385 g/mol. The van der Waals surface area contributed by atoms with E-state index in [2.05, 4.69) is 15.5 Å². The van der Waals surface area contributed by atoms with E-state index >= 15 is 0 Å². The van der Waals surface area contributed by atoms with E-state index in [-0.39, 0.29) is 25.4 Å². The lowest BCUT2D eigenvalue weighted by Crippen LogP contribution is -2.28. The Kier molecular flexibility index (Phi) is 6.32. The van der Waals surface area contributed by atoms with Gasteiger partial charge in [0.1, 0.15) is 0 Å². The Balaban J connectivity index is 1.37. The Labute approximate surface area is 160 Å². The lowest BCUT2D eigenvalue weighted by Gasteiger charge is -2.08. The molecule has 1 aromatic carbocycles. The monoisotopic (exact) mass is 385 g/mol. The van der Waals surface area contributed by atoms with Gasteiger partial charge in [0.25, 0.3) is 5.91 Å². The number of nitrogens with one attached hydrogen (secondary N) is 1. The fraction of sp³-hybridized carbons (Fsp3) is 0.263. The second-order valence-corrected chi connectivity index (χ2v) is 6.80. The van der Waals surface area contributed by atoms with Crippen molar-refractivity contribution in [1.29, 1.82) is 0 Å². The van der Waals surface area contributed by atoms with Crippen LogP contribution in [0.2, 0.25) is 0 Å². The number of rotatable bonds is 8. The standard InChI is InChI=1S/C19H19N3O4S/c1-13-5-2-3-6-14(13)11-20-16(23)12-25-18(24)9-8-17-21-19(22-26-17)15-7-4-10-27-15/h2-7,10H,8-9,11-12H2,1H3,(H,20,23). The van der Waals surface area contributed by atoms with E-state index < -0.39 is 5.97 Å². The Morgan fingerprint density at radius 2 is 2.07 bits per heavy atom. The van der Waals surface area contributed by atoms with E-state index in [1.807, 2.05) is 48.7 Å². The van der Waals surface area contributed by atoms with Gasteiger partial charge in [0.05, 0.1) is 11.3 Å². The van der Waals surface area contributed by atoms with Gasteiger partial charge in [-0.2, -0.15) is 4.98 Å². The molecule has 0 unspecified atom stereocenters. The zero-order valence-corrected chi connectivity index (χ0v) is 15.6. The zero-order valence-electron chi connectivity index (χ0n) is 14.8. The number of aryl methyl sites for hydroxylation is 2. The first kappa shape index (κ1) is 18.8. The molecule has 0 aliphatic heterocycles. The molecule has 2 aromatic heterocycles. The number of hydrogen-bond acceptors (Lipinski definition) is 7. The molecule has 8 heteroatoms.